The fourth-order valence-electron chi connectivity index (χ4n) is 1.72. The molecule has 90 valence electrons. The number of methoxy groups -OCH3 is 1. The van der Waals surface area contributed by atoms with Crippen molar-refractivity contribution < 1.29 is 9.84 Å². The van der Waals surface area contributed by atoms with Crippen LogP contribution in [0, 0.1) is 13.8 Å². The maximum absolute atomic E-state index is 9.25. The van der Waals surface area contributed by atoms with Crippen molar-refractivity contribution in [3.63, 3.8) is 0 Å². The van der Waals surface area contributed by atoms with Gasteiger partial charge in [-0.3, -0.25) is 0 Å². The Hall–Kier alpha value is -1.22. The maximum Gasteiger partial charge on any atom is 0.144 e. The lowest BCUT2D eigenvalue weighted by molar-refractivity contribution is 0.233. The molecular weight excluding hydrogens is 202 g/mol. The summed E-state index contributed by atoms with van der Waals surface area (Å²) in [4.78, 5) is 0. The molecule has 1 rings (SSSR count). The number of nitrogens with one attached hydrogen (secondary N) is 1. The SMILES string of the molecule is COc1c(C)cc(C)cc1NC(C)(C)CO. The summed E-state index contributed by atoms with van der Waals surface area (Å²) in [6.07, 6.45) is 0. The third kappa shape index (κ3) is 2.89. The molecule has 0 spiro atoms. The summed E-state index contributed by atoms with van der Waals surface area (Å²) in [6.45, 7) is 8.03. The molecule has 0 aromatic heterocycles. The summed E-state index contributed by atoms with van der Waals surface area (Å²) >= 11 is 0. The van der Waals surface area contributed by atoms with E-state index in [4.69, 9.17) is 4.74 Å². The lowest BCUT2D eigenvalue weighted by Crippen LogP contribution is -2.35. The van der Waals surface area contributed by atoms with Crippen molar-refractivity contribution in [1.29, 1.82) is 0 Å². The van der Waals surface area contributed by atoms with Crippen molar-refractivity contribution in [3.05, 3.63) is 23.3 Å². The van der Waals surface area contributed by atoms with E-state index >= 15 is 0 Å². The van der Waals surface area contributed by atoms with Gasteiger partial charge in [-0.25, -0.2) is 0 Å². The van der Waals surface area contributed by atoms with Crippen LogP contribution in [-0.2, 0) is 0 Å². The van der Waals surface area contributed by atoms with Crippen LogP contribution in [0.15, 0.2) is 12.1 Å². The summed E-state index contributed by atoms with van der Waals surface area (Å²) in [7, 11) is 1.66. The van der Waals surface area contributed by atoms with Gasteiger partial charge in [0.25, 0.3) is 0 Å². The minimum atomic E-state index is -0.354. The number of hydrogen-bond donors (Lipinski definition) is 2. The van der Waals surface area contributed by atoms with Gasteiger partial charge in [0.15, 0.2) is 0 Å². The van der Waals surface area contributed by atoms with Crippen molar-refractivity contribution in [2.75, 3.05) is 19.0 Å². The Kier molecular flexibility index (Phi) is 3.81. The van der Waals surface area contributed by atoms with Gasteiger partial charge in [0.2, 0.25) is 0 Å². The first-order chi connectivity index (χ1) is 7.39. The quantitative estimate of drug-likeness (QED) is 0.824. The molecule has 3 nitrogen and oxygen atoms in total. The second kappa shape index (κ2) is 4.74. The number of ether oxygens (including phenoxy) is 1. The lowest BCUT2D eigenvalue weighted by atomic mass is 10.0. The van der Waals surface area contributed by atoms with Crippen LogP contribution in [0.3, 0.4) is 0 Å². The number of rotatable bonds is 4. The van der Waals surface area contributed by atoms with Crippen molar-refractivity contribution in [1.82, 2.24) is 0 Å². The Bertz CT molecular complexity index is 372. The molecule has 16 heavy (non-hydrogen) atoms. The molecule has 0 bridgehead atoms. The predicted molar refractivity (Wildman–Crippen MR) is 67.3 cm³/mol. The summed E-state index contributed by atoms with van der Waals surface area (Å²) in [5.74, 6) is 0.840. The van der Waals surface area contributed by atoms with E-state index in [1.807, 2.05) is 33.8 Å². The lowest BCUT2D eigenvalue weighted by Gasteiger charge is -2.27. The smallest absolute Gasteiger partial charge is 0.144 e. The predicted octanol–water partition coefficient (Wildman–Crippen LogP) is 2.49. The molecule has 0 aliphatic carbocycles. The molecule has 3 heteroatoms. The van der Waals surface area contributed by atoms with Gasteiger partial charge in [0, 0.05) is 0 Å². The third-order valence-electron chi connectivity index (χ3n) is 2.49. The number of aliphatic hydroxyl groups is 1. The molecule has 0 unspecified atom stereocenters. The summed E-state index contributed by atoms with van der Waals surface area (Å²) in [5, 5.41) is 12.5. The van der Waals surface area contributed by atoms with Gasteiger partial charge in [-0.05, 0) is 44.9 Å². The van der Waals surface area contributed by atoms with Crippen molar-refractivity contribution in [2.24, 2.45) is 0 Å². The molecule has 0 saturated carbocycles. The van der Waals surface area contributed by atoms with E-state index < -0.39 is 0 Å². The second-order valence-corrected chi connectivity index (χ2v) is 4.83. The van der Waals surface area contributed by atoms with Crippen molar-refractivity contribution in [2.45, 2.75) is 33.2 Å². The summed E-state index contributed by atoms with van der Waals surface area (Å²) in [5.41, 5.74) is 2.85. The minimum Gasteiger partial charge on any atom is -0.494 e. The highest BCUT2D eigenvalue weighted by Crippen LogP contribution is 2.31. The van der Waals surface area contributed by atoms with Crippen molar-refractivity contribution in [3.8, 4) is 5.75 Å². The van der Waals surface area contributed by atoms with E-state index in [1.54, 1.807) is 7.11 Å². The zero-order chi connectivity index (χ0) is 12.3. The first kappa shape index (κ1) is 12.8. The molecule has 0 fully saturated rings. The van der Waals surface area contributed by atoms with Gasteiger partial charge < -0.3 is 15.2 Å². The van der Waals surface area contributed by atoms with Gasteiger partial charge in [-0.15, -0.1) is 0 Å². The van der Waals surface area contributed by atoms with Crippen LogP contribution in [0.25, 0.3) is 0 Å². The van der Waals surface area contributed by atoms with E-state index in [-0.39, 0.29) is 12.1 Å². The van der Waals surface area contributed by atoms with Gasteiger partial charge in [0.1, 0.15) is 5.75 Å². The Balaban J connectivity index is 3.12. The topological polar surface area (TPSA) is 41.5 Å². The monoisotopic (exact) mass is 223 g/mol. The van der Waals surface area contributed by atoms with Gasteiger partial charge >= 0.3 is 0 Å². The highest BCUT2D eigenvalue weighted by molar-refractivity contribution is 5.62. The molecule has 1 aromatic rings. The Morgan fingerprint density at radius 2 is 1.94 bits per heavy atom. The molecule has 0 aliphatic heterocycles. The summed E-state index contributed by atoms with van der Waals surface area (Å²) < 4.78 is 5.38. The van der Waals surface area contributed by atoms with E-state index in [0.717, 1.165) is 17.0 Å². The van der Waals surface area contributed by atoms with Gasteiger partial charge in [-0.1, -0.05) is 6.07 Å². The number of aliphatic hydroxyl groups excluding tert-OH is 1. The average molecular weight is 223 g/mol. The average Bonchev–Trinajstić information content (AvgIpc) is 2.16. The zero-order valence-corrected chi connectivity index (χ0v) is 10.7. The first-order valence-corrected chi connectivity index (χ1v) is 5.44. The molecule has 0 heterocycles. The number of benzene rings is 1. The van der Waals surface area contributed by atoms with E-state index in [2.05, 4.69) is 11.4 Å². The normalized spacial score (nSPS) is 11.4. The fraction of sp³-hybridized carbons (Fsp3) is 0.538. The fourth-order valence-corrected chi connectivity index (χ4v) is 1.72. The molecule has 0 atom stereocenters. The number of anilines is 1. The van der Waals surface area contributed by atoms with Crippen LogP contribution >= 0.6 is 0 Å². The van der Waals surface area contributed by atoms with Gasteiger partial charge in [-0.2, -0.15) is 0 Å². The maximum atomic E-state index is 9.25. The van der Waals surface area contributed by atoms with Crippen LogP contribution in [0.4, 0.5) is 5.69 Å². The minimum absolute atomic E-state index is 0.0726. The van der Waals surface area contributed by atoms with Crippen LogP contribution in [0.5, 0.6) is 5.75 Å². The largest absolute Gasteiger partial charge is 0.494 e. The Labute approximate surface area is 97.4 Å². The van der Waals surface area contributed by atoms with E-state index in [1.165, 1.54) is 5.56 Å². The third-order valence-corrected chi connectivity index (χ3v) is 2.49. The van der Waals surface area contributed by atoms with Crippen LogP contribution in [0.1, 0.15) is 25.0 Å². The van der Waals surface area contributed by atoms with Crippen LogP contribution in [0.2, 0.25) is 0 Å². The molecule has 2 N–H and O–H groups in total. The molecular formula is C13H21NO2. The highest BCUT2D eigenvalue weighted by atomic mass is 16.5. The number of hydrogen-bond acceptors (Lipinski definition) is 3. The van der Waals surface area contributed by atoms with Crippen molar-refractivity contribution >= 4 is 5.69 Å². The van der Waals surface area contributed by atoms with Crippen LogP contribution < -0.4 is 10.1 Å². The molecule has 0 saturated heterocycles. The first-order valence-electron chi connectivity index (χ1n) is 5.44. The van der Waals surface area contributed by atoms with E-state index in [0.29, 0.717) is 0 Å². The zero-order valence-electron chi connectivity index (χ0n) is 10.7. The Morgan fingerprint density at radius 3 is 2.44 bits per heavy atom. The molecule has 0 amide bonds. The second-order valence-electron chi connectivity index (χ2n) is 4.83. The van der Waals surface area contributed by atoms with Crippen LogP contribution in [-0.4, -0.2) is 24.4 Å². The molecule has 0 aliphatic rings. The summed E-state index contributed by atoms with van der Waals surface area (Å²) in [6, 6.07) is 4.11. The molecule has 1 aromatic carbocycles. The standard InChI is InChI=1S/C13H21NO2/c1-9-6-10(2)12(16-5)11(7-9)14-13(3,4)8-15/h6-7,14-15H,8H2,1-5H3. The van der Waals surface area contributed by atoms with E-state index in [9.17, 15) is 5.11 Å². The highest BCUT2D eigenvalue weighted by Gasteiger charge is 2.18. The number of aryl methyl sites for hydroxylation is 2. The molecule has 0 radical (unpaired) electrons. The van der Waals surface area contributed by atoms with Gasteiger partial charge in [0.05, 0.1) is 24.9 Å². The Morgan fingerprint density at radius 1 is 1.31 bits per heavy atom.